The van der Waals surface area contributed by atoms with Crippen molar-refractivity contribution >= 4 is 23.5 Å². The number of hydrogen-bond acceptors (Lipinski definition) is 4. The average Bonchev–Trinajstić information content (AvgIpc) is 2.59. The molecule has 136 valence electrons. The summed E-state index contributed by atoms with van der Waals surface area (Å²) < 4.78 is 5.13. The molecular formula is C20H22N2O4. The highest BCUT2D eigenvalue weighted by Gasteiger charge is 2.16. The maximum atomic E-state index is 12.3. The van der Waals surface area contributed by atoms with Gasteiger partial charge in [0, 0.05) is 18.3 Å². The van der Waals surface area contributed by atoms with Crippen LogP contribution in [-0.4, -0.2) is 31.4 Å². The van der Waals surface area contributed by atoms with Crippen molar-refractivity contribution < 1.29 is 19.1 Å². The highest BCUT2D eigenvalue weighted by atomic mass is 16.5. The molecule has 2 amide bonds. The van der Waals surface area contributed by atoms with E-state index >= 15 is 0 Å². The summed E-state index contributed by atoms with van der Waals surface area (Å²) in [6, 6.07) is 10.2. The molecule has 0 fully saturated rings. The largest absolute Gasteiger partial charge is 0.452 e. The topological polar surface area (TPSA) is 84.5 Å². The monoisotopic (exact) mass is 354 g/mol. The van der Waals surface area contributed by atoms with E-state index in [1.807, 2.05) is 32.9 Å². The summed E-state index contributed by atoms with van der Waals surface area (Å²) in [5, 5.41) is 5.14. The van der Waals surface area contributed by atoms with Crippen molar-refractivity contribution in [1.82, 2.24) is 5.32 Å². The minimum atomic E-state index is -0.523. The molecule has 6 nitrogen and oxygen atoms in total. The maximum absolute atomic E-state index is 12.3. The number of anilines is 1. The van der Waals surface area contributed by atoms with Gasteiger partial charge in [-0.05, 0) is 56.2 Å². The average molecular weight is 354 g/mol. The van der Waals surface area contributed by atoms with Crippen molar-refractivity contribution in [2.24, 2.45) is 0 Å². The standard InChI is InChI=1S/C20H22N2O4/c1-12-9-13(2)18(14(3)10-12)20(25)26-11-17(23)22-16-7-5-15(6-8-16)19(24)21-4/h5-10H,11H2,1-4H3,(H,21,24)(H,22,23). The number of ether oxygens (including phenoxy) is 1. The van der Waals surface area contributed by atoms with E-state index in [9.17, 15) is 14.4 Å². The number of rotatable bonds is 5. The minimum absolute atomic E-state index is 0.208. The van der Waals surface area contributed by atoms with Crippen molar-refractivity contribution in [3.8, 4) is 0 Å². The predicted molar refractivity (Wildman–Crippen MR) is 99.4 cm³/mol. The van der Waals surface area contributed by atoms with Gasteiger partial charge in [0.2, 0.25) is 0 Å². The molecule has 0 aliphatic rings. The van der Waals surface area contributed by atoms with Gasteiger partial charge in [-0.25, -0.2) is 4.79 Å². The second kappa shape index (κ2) is 8.29. The van der Waals surface area contributed by atoms with E-state index in [2.05, 4.69) is 10.6 Å². The summed E-state index contributed by atoms with van der Waals surface area (Å²) in [5.41, 5.74) is 4.19. The number of amides is 2. The maximum Gasteiger partial charge on any atom is 0.339 e. The van der Waals surface area contributed by atoms with Crippen LogP contribution in [0.25, 0.3) is 0 Å². The lowest BCUT2D eigenvalue weighted by molar-refractivity contribution is -0.119. The molecule has 0 heterocycles. The van der Waals surface area contributed by atoms with E-state index in [0.717, 1.165) is 16.7 Å². The zero-order chi connectivity index (χ0) is 19.3. The number of carbonyl (C=O) groups is 3. The molecule has 0 aliphatic heterocycles. The molecule has 0 saturated carbocycles. The van der Waals surface area contributed by atoms with Crippen LogP contribution in [-0.2, 0) is 9.53 Å². The Morgan fingerprint density at radius 1 is 0.962 bits per heavy atom. The van der Waals surface area contributed by atoms with Crippen molar-refractivity contribution in [2.45, 2.75) is 20.8 Å². The molecule has 6 heteroatoms. The van der Waals surface area contributed by atoms with Gasteiger partial charge in [-0.15, -0.1) is 0 Å². The van der Waals surface area contributed by atoms with Crippen LogP contribution in [0.2, 0.25) is 0 Å². The fourth-order valence-electron chi connectivity index (χ4n) is 2.75. The third-order valence-corrected chi connectivity index (χ3v) is 3.87. The van der Waals surface area contributed by atoms with E-state index in [-0.39, 0.29) is 12.5 Å². The Balaban J connectivity index is 1.94. The van der Waals surface area contributed by atoms with Crippen LogP contribution in [0, 0.1) is 20.8 Å². The lowest BCUT2D eigenvalue weighted by atomic mass is 10.00. The van der Waals surface area contributed by atoms with Crippen LogP contribution in [0.4, 0.5) is 5.69 Å². The summed E-state index contributed by atoms with van der Waals surface area (Å²) in [6.07, 6.45) is 0. The molecule has 0 bridgehead atoms. The molecule has 0 aliphatic carbocycles. The molecule has 2 N–H and O–H groups in total. The van der Waals surface area contributed by atoms with E-state index < -0.39 is 11.9 Å². The number of aryl methyl sites for hydroxylation is 3. The van der Waals surface area contributed by atoms with Gasteiger partial charge in [-0.3, -0.25) is 9.59 Å². The van der Waals surface area contributed by atoms with E-state index in [0.29, 0.717) is 16.8 Å². The van der Waals surface area contributed by atoms with Crippen LogP contribution >= 0.6 is 0 Å². The van der Waals surface area contributed by atoms with Crippen LogP contribution in [0.1, 0.15) is 37.4 Å². The van der Waals surface area contributed by atoms with Crippen LogP contribution in [0.3, 0.4) is 0 Å². The van der Waals surface area contributed by atoms with Crippen molar-refractivity contribution in [3.05, 3.63) is 64.2 Å². The van der Waals surface area contributed by atoms with Gasteiger partial charge in [0.05, 0.1) is 5.56 Å². The van der Waals surface area contributed by atoms with E-state index in [4.69, 9.17) is 4.74 Å². The molecule has 0 spiro atoms. The first kappa shape index (κ1) is 19.2. The highest BCUT2D eigenvalue weighted by molar-refractivity contribution is 5.98. The summed E-state index contributed by atoms with van der Waals surface area (Å²) >= 11 is 0. The summed E-state index contributed by atoms with van der Waals surface area (Å²) in [7, 11) is 1.55. The molecule has 2 rings (SSSR count). The van der Waals surface area contributed by atoms with Crippen molar-refractivity contribution in [2.75, 3.05) is 19.0 Å². The number of nitrogens with one attached hydrogen (secondary N) is 2. The summed E-state index contributed by atoms with van der Waals surface area (Å²) in [6.45, 7) is 5.25. The third-order valence-electron chi connectivity index (χ3n) is 3.87. The summed E-state index contributed by atoms with van der Waals surface area (Å²) in [4.78, 5) is 35.7. The number of esters is 1. The highest BCUT2D eigenvalue weighted by Crippen LogP contribution is 2.17. The normalized spacial score (nSPS) is 10.2. The number of benzene rings is 2. The van der Waals surface area contributed by atoms with Gasteiger partial charge < -0.3 is 15.4 Å². The number of hydrogen-bond donors (Lipinski definition) is 2. The van der Waals surface area contributed by atoms with E-state index in [1.54, 1.807) is 31.3 Å². The Morgan fingerprint density at radius 3 is 2.08 bits per heavy atom. The van der Waals surface area contributed by atoms with Gasteiger partial charge in [0.25, 0.3) is 11.8 Å². The Labute approximate surface area is 152 Å². The quantitative estimate of drug-likeness (QED) is 0.809. The smallest absolute Gasteiger partial charge is 0.339 e. The first-order valence-corrected chi connectivity index (χ1v) is 8.18. The Kier molecular flexibility index (Phi) is 6.11. The first-order valence-electron chi connectivity index (χ1n) is 8.18. The lowest BCUT2D eigenvalue weighted by Crippen LogP contribution is -2.22. The van der Waals surface area contributed by atoms with Crippen molar-refractivity contribution in [1.29, 1.82) is 0 Å². The van der Waals surface area contributed by atoms with Gasteiger partial charge in [0.1, 0.15) is 0 Å². The fraction of sp³-hybridized carbons (Fsp3) is 0.250. The Hall–Kier alpha value is -3.15. The molecule has 2 aromatic carbocycles. The van der Waals surface area contributed by atoms with Gasteiger partial charge >= 0.3 is 5.97 Å². The molecule has 2 aromatic rings. The second-order valence-corrected chi connectivity index (χ2v) is 6.05. The van der Waals surface area contributed by atoms with E-state index in [1.165, 1.54) is 0 Å². The fourth-order valence-corrected chi connectivity index (χ4v) is 2.75. The Morgan fingerprint density at radius 2 is 1.54 bits per heavy atom. The zero-order valence-electron chi connectivity index (χ0n) is 15.3. The molecule has 0 atom stereocenters. The van der Waals surface area contributed by atoms with Crippen molar-refractivity contribution in [3.63, 3.8) is 0 Å². The van der Waals surface area contributed by atoms with Gasteiger partial charge in [-0.2, -0.15) is 0 Å². The summed E-state index contributed by atoms with van der Waals surface area (Å²) in [5.74, 6) is -1.18. The van der Waals surface area contributed by atoms with Gasteiger partial charge in [0.15, 0.2) is 6.61 Å². The minimum Gasteiger partial charge on any atom is -0.452 e. The molecule has 26 heavy (non-hydrogen) atoms. The lowest BCUT2D eigenvalue weighted by Gasteiger charge is -2.11. The number of carbonyl (C=O) groups excluding carboxylic acids is 3. The first-order chi connectivity index (χ1) is 12.3. The Bertz CT molecular complexity index is 818. The van der Waals surface area contributed by atoms with Crippen LogP contribution < -0.4 is 10.6 Å². The molecule has 0 unspecified atom stereocenters. The van der Waals surface area contributed by atoms with Crippen LogP contribution in [0.5, 0.6) is 0 Å². The van der Waals surface area contributed by atoms with Crippen LogP contribution in [0.15, 0.2) is 36.4 Å². The van der Waals surface area contributed by atoms with Gasteiger partial charge in [-0.1, -0.05) is 17.7 Å². The predicted octanol–water partition coefficient (Wildman–Crippen LogP) is 2.77. The second-order valence-electron chi connectivity index (χ2n) is 6.05. The zero-order valence-corrected chi connectivity index (χ0v) is 15.3. The molecular weight excluding hydrogens is 332 g/mol. The molecule has 0 saturated heterocycles. The third kappa shape index (κ3) is 4.69. The molecule has 0 aromatic heterocycles. The SMILES string of the molecule is CNC(=O)c1ccc(NC(=O)COC(=O)c2c(C)cc(C)cc2C)cc1. The molecule has 0 radical (unpaired) electrons.